The third-order valence-electron chi connectivity index (χ3n) is 5.26. The first-order valence-corrected chi connectivity index (χ1v) is 10.6. The third kappa shape index (κ3) is 4.41. The quantitative estimate of drug-likeness (QED) is 0.668. The van der Waals surface area contributed by atoms with Gasteiger partial charge in [-0.05, 0) is 51.0 Å². The Hall–Kier alpha value is -2.67. The molecule has 6 nitrogen and oxygen atoms in total. The molecule has 7 heteroatoms. The van der Waals surface area contributed by atoms with Crippen molar-refractivity contribution in [3.05, 3.63) is 70.2 Å². The molecule has 0 saturated carbocycles. The zero-order valence-electron chi connectivity index (χ0n) is 17.6. The van der Waals surface area contributed by atoms with Gasteiger partial charge in [0, 0.05) is 16.6 Å². The molecule has 1 N–H and O–H groups in total. The van der Waals surface area contributed by atoms with Crippen molar-refractivity contribution in [2.45, 2.75) is 45.3 Å². The molecule has 0 aliphatic carbocycles. The smallest absolute Gasteiger partial charge is 0.325 e. The Morgan fingerprint density at radius 3 is 2.37 bits per heavy atom. The number of rotatable bonds is 5. The van der Waals surface area contributed by atoms with Crippen molar-refractivity contribution in [1.29, 1.82) is 0 Å². The van der Waals surface area contributed by atoms with Gasteiger partial charge in [0.2, 0.25) is 5.91 Å². The topological polar surface area (TPSA) is 69.7 Å². The average molecular weight is 472 g/mol. The van der Waals surface area contributed by atoms with Gasteiger partial charge in [0.05, 0.1) is 0 Å². The molecular weight excluding hydrogens is 446 g/mol. The summed E-state index contributed by atoms with van der Waals surface area (Å²) < 4.78 is 0.805. The Labute approximate surface area is 185 Å². The summed E-state index contributed by atoms with van der Waals surface area (Å²) in [6.07, 6.45) is 0. The molecule has 3 rings (SSSR count). The number of carbonyl (C=O) groups excluding carboxylic acids is 3. The minimum Gasteiger partial charge on any atom is -0.332 e. The summed E-state index contributed by atoms with van der Waals surface area (Å²) in [6.45, 7) is 7.56. The van der Waals surface area contributed by atoms with E-state index < -0.39 is 23.0 Å². The molecule has 1 aliphatic rings. The summed E-state index contributed by atoms with van der Waals surface area (Å²) in [4.78, 5) is 41.7. The molecule has 1 aliphatic heterocycles. The van der Waals surface area contributed by atoms with Crippen LogP contribution in [-0.4, -0.2) is 39.7 Å². The van der Waals surface area contributed by atoms with Gasteiger partial charge in [-0.3, -0.25) is 14.5 Å². The lowest BCUT2D eigenvalue weighted by atomic mass is 9.92. The van der Waals surface area contributed by atoms with E-state index in [2.05, 4.69) is 21.2 Å². The van der Waals surface area contributed by atoms with Gasteiger partial charge in [0.25, 0.3) is 5.91 Å². The van der Waals surface area contributed by atoms with Crippen molar-refractivity contribution in [2.24, 2.45) is 0 Å². The predicted molar refractivity (Wildman–Crippen MR) is 118 cm³/mol. The van der Waals surface area contributed by atoms with E-state index in [1.165, 1.54) is 0 Å². The van der Waals surface area contributed by atoms with Gasteiger partial charge >= 0.3 is 6.03 Å². The second kappa shape index (κ2) is 8.22. The lowest BCUT2D eigenvalue weighted by Gasteiger charge is -2.36. The van der Waals surface area contributed by atoms with Gasteiger partial charge in [-0.25, -0.2) is 4.79 Å². The molecule has 158 valence electrons. The van der Waals surface area contributed by atoms with Crippen molar-refractivity contribution in [2.75, 3.05) is 6.54 Å². The number of halogens is 1. The molecule has 1 fully saturated rings. The van der Waals surface area contributed by atoms with Gasteiger partial charge in [-0.2, -0.15) is 0 Å². The Balaban J connectivity index is 1.82. The highest BCUT2D eigenvalue weighted by Gasteiger charge is 2.50. The van der Waals surface area contributed by atoms with Crippen LogP contribution in [0.15, 0.2) is 59.1 Å². The van der Waals surface area contributed by atoms with E-state index in [9.17, 15) is 14.4 Å². The lowest BCUT2D eigenvalue weighted by molar-refractivity contribution is -0.142. The fraction of sp³-hybridized carbons (Fsp3) is 0.348. The van der Waals surface area contributed by atoms with E-state index in [1.54, 1.807) is 30.0 Å². The molecule has 1 saturated heterocycles. The first kappa shape index (κ1) is 22.0. The number of imide groups is 1. The number of benzene rings is 2. The number of hydrogen-bond donors (Lipinski definition) is 1. The van der Waals surface area contributed by atoms with Crippen LogP contribution >= 0.6 is 15.9 Å². The molecule has 30 heavy (non-hydrogen) atoms. The van der Waals surface area contributed by atoms with Crippen LogP contribution in [0.4, 0.5) is 4.79 Å². The fourth-order valence-corrected chi connectivity index (χ4v) is 3.92. The van der Waals surface area contributed by atoms with E-state index in [-0.39, 0.29) is 12.5 Å². The van der Waals surface area contributed by atoms with Gasteiger partial charge in [0.15, 0.2) is 0 Å². The molecule has 0 bridgehead atoms. The van der Waals surface area contributed by atoms with Crippen LogP contribution in [0.1, 0.15) is 38.8 Å². The number of nitrogens with zero attached hydrogens (tertiary/aromatic N) is 2. The van der Waals surface area contributed by atoms with Crippen molar-refractivity contribution in [3.8, 4) is 0 Å². The molecule has 0 aromatic heterocycles. The lowest BCUT2D eigenvalue weighted by Crippen LogP contribution is -2.50. The van der Waals surface area contributed by atoms with Crippen molar-refractivity contribution >= 4 is 33.8 Å². The molecule has 2 aromatic carbocycles. The summed E-state index contributed by atoms with van der Waals surface area (Å²) in [5, 5.41) is 2.75. The fourth-order valence-electron chi connectivity index (χ4n) is 3.52. The molecule has 2 aromatic rings. The van der Waals surface area contributed by atoms with Gasteiger partial charge in [-0.15, -0.1) is 0 Å². The Kier molecular flexibility index (Phi) is 6.04. The van der Waals surface area contributed by atoms with Crippen LogP contribution in [-0.2, 0) is 21.7 Å². The zero-order chi connectivity index (χ0) is 22.1. The highest BCUT2D eigenvalue weighted by Crippen LogP contribution is 2.30. The van der Waals surface area contributed by atoms with E-state index in [4.69, 9.17) is 0 Å². The molecular formula is C23H26BrN3O3. The molecule has 0 spiro atoms. The first-order valence-electron chi connectivity index (χ1n) is 9.77. The van der Waals surface area contributed by atoms with E-state index in [0.717, 1.165) is 14.9 Å². The van der Waals surface area contributed by atoms with Crippen LogP contribution in [0.3, 0.4) is 0 Å². The Morgan fingerprint density at radius 1 is 1.10 bits per heavy atom. The number of nitrogens with one attached hydrogen (secondary N) is 1. The van der Waals surface area contributed by atoms with E-state index in [1.807, 2.05) is 57.2 Å². The second-order valence-electron chi connectivity index (χ2n) is 8.59. The van der Waals surface area contributed by atoms with E-state index in [0.29, 0.717) is 12.1 Å². The predicted octanol–water partition coefficient (Wildman–Crippen LogP) is 4.04. The normalized spacial score (nSPS) is 19.0. The number of hydrogen-bond acceptors (Lipinski definition) is 3. The Morgan fingerprint density at radius 2 is 1.77 bits per heavy atom. The summed E-state index contributed by atoms with van der Waals surface area (Å²) >= 11 is 3.40. The molecule has 0 unspecified atom stereocenters. The van der Waals surface area contributed by atoms with Crippen LogP contribution in [0, 0.1) is 0 Å². The largest absolute Gasteiger partial charge is 0.332 e. The molecule has 1 heterocycles. The van der Waals surface area contributed by atoms with Gasteiger partial charge in [0.1, 0.15) is 12.1 Å². The summed E-state index contributed by atoms with van der Waals surface area (Å²) in [5.74, 6) is -0.721. The van der Waals surface area contributed by atoms with Gasteiger partial charge < -0.3 is 10.2 Å². The van der Waals surface area contributed by atoms with Gasteiger partial charge in [-0.1, -0.05) is 58.4 Å². The zero-order valence-corrected chi connectivity index (χ0v) is 19.2. The van der Waals surface area contributed by atoms with Crippen molar-refractivity contribution in [3.63, 3.8) is 0 Å². The number of carbonyl (C=O) groups is 3. The van der Waals surface area contributed by atoms with Crippen molar-refractivity contribution < 1.29 is 14.4 Å². The minimum absolute atomic E-state index is 0.284. The molecule has 1 atom stereocenters. The summed E-state index contributed by atoms with van der Waals surface area (Å²) in [7, 11) is 0. The molecule has 4 amide bonds. The SMILES string of the molecule is CC(C)(C)N(Cc1ccccc1)C(=O)CN1C(=O)N[C@@](C)(c2cccc(Br)c2)C1=O. The maximum absolute atomic E-state index is 13.2. The van der Waals surface area contributed by atoms with Crippen LogP contribution in [0.5, 0.6) is 0 Å². The maximum Gasteiger partial charge on any atom is 0.325 e. The van der Waals surface area contributed by atoms with Crippen LogP contribution < -0.4 is 5.32 Å². The first-order chi connectivity index (χ1) is 14.0. The number of amides is 4. The number of urea groups is 1. The standard InChI is InChI=1S/C23H26BrN3O3/c1-22(2,3)27(14-16-9-6-5-7-10-16)19(28)15-26-20(29)23(4,25-21(26)30)17-11-8-12-18(24)13-17/h5-13H,14-15H2,1-4H3,(H,25,30)/t23-/m0/s1. The minimum atomic E-state index is -1.22. The van der Waals surface area contributed by atoms with Crippen LogP contribution in [0.2, 0.25) is 0 Å². The summed E-state index contributed by atoms with van der Waals surface area (Å²) in [6, 6.07) is 16.3. The van der Waals surface area contributed by atoms with Crippen molar-refractivity contribution in [1.82, 2.24) is 15.1 Å². The second-order valence-corrected chi connectivity index (χ2v) is 9.51. The Bertz CT molecular complexity index is 971. The third-order valence-corrected chi connectivity index (χ3v) is 5.76. The highest BCUT2D eigenvalue weighted by atomic mass is 79.9. The highest BCUT2D eigenvalue weighted by molar-refractivity contribution is 9.10. The summed E-state index contributed by atoms with van der Waals surface area (Å²) in [5.41, 5.74) is -0.0496. The monoisotopic (exact) mass is 471 g/mol. The maximum atomic E-state index is 13.2. The molecule has 0 radical (unpaired) electrons. The average Bonchev–Trinajstić information content (AvgIpc) is 2.90. The van der Waals surface area contributed by atoms with E-state index >= 15 is 0 Å². The van der Waals surface area contributed by atoms with Crippen LogP contribution in [0.25, 0.3) is 0 Å².